The van der Waals surface area contributed by atoms with Crippen LogP contribution >= 0.6 is 0 Å². The second kappa shape index (κ2) is 5.53. The van der Waals surface area contributed by atoms with Crippen LogP contribution in [0.4, 0.5) is 10.5 Å². The number of carbonyl (C=O) groups excluding carboxylic acids is 1. The van der Waals surface area contributed by atoms with Crippen LogP contribution < -0.4 is 5.32 Å². The Kier molecular flexibility index (Phi) is 3.97. The normalized spacial score (nSPS) is 21.8. The Morgan fingerprint density at radius 3 is 2.65 bits per heavy atom. The van der Waals surface area contributed by atoms with E-state index in [0.717, 1.165) is 11.3 Å². The van der Waals surface area contributed by atoms with Crippen LogP contribution in [0.25, 0.3) is 0 Å². The SMILES string of the molecule is CCC1(C(=O)O)CCN(C(=O)Nc2ccccc2C)C1. The highest BCUT2D eigenvalue weighted by Gasteiger charge is 2.44. The minimum Gasteiger partial charge on any atom is -0.481 e. The number of para-hydroxylation sites is 1. The standard InChI is InChI=1S/C15H20N2O3/c1-3-15(13(18)19)8-9-17(10-15)14(20)16-12-7-5-4-6-11(12)2/h4-7H,3,8-10H2,1-2H3,(H,16,20)(H,18,19). The summed E-state index contributed by atoms with van der Waals surface area (Å²) in [6.45, 7) is 4.54. The molecule has 20 heavy (non-hydrogen) atoms. The second-order valence-electron chi connectivity index (χ2n) is 5.36. The van der Waals surface area contributed by atoms with Gasteiger partial charge >= 0.3 is 12.0 Å². The first-order chi connectivity index (χ1) is 9.48. The van der Waals surface area contributed by atoms with Crippen molar-refractivity contribution in [2.75, 3.05) is 18.4 Å². The van der Waals surface area contributed by atoms with Crippen LogP contribution in [0.5, 0.6) is 0 Å². The molecule has 0 spiro atoms. The van der Waals surface area contributed by atoms with Gasteiger partial charge in [0.25, 0.3) is 0 Å². The average Bonchev–Trinajstić information content (AvgIpc) is 2.87. The quantitative estimate of drug-likeness (QED) is 0.891. The lowest BCUT2D eigenvalue weighted by Crippen LogP contribution is -2.38. The number of nitrogens with one attached hydrogen (secondary N) is 1. The number of anilines is 1. The number of hydrogen-bond acceptors (Lipinski definition) is 2. The van der Waals surface area contributed by atoms with Crippen molar-refractivity contribution in [2.45, 2.75) is 26.7 Å². The molecule has 108 valence electrons. The maximum absolute atomic E-state index is 12.2. The van der Waals surface area contributed by atoms with E-state index in [2.05, 4.69) is 5.32 Å². The number of nitrogens with zero attached hydrogens (tertiary/aromatic N) is 1. The van der Waals surface area contributed by atoms with Gasteiger partial charge in [0, 0.05) is 18.8 Å². The molecule has 0 aromatic heterocycles. The van der Waals surface area contributed by atoms with Gasteiger partial charge in [0.05, 0.1) is 5.41 Å². The first-order valence-corrected chi connectivity index (χ1v) is 6.83. The summed E-state index contributed by atoms with van der Waals surface area (Å²) in [5.74, 6) is -0.814. The lowest BCUT2D eigenvalue weighted by molar-refractivity contribution is -0.148. The van der Waals surface area contributed by atoms with Crippen molar-refractivity contribution in [3.8, 4) is 0 Å². The smallest absolute Gasteiger partial charge is 0.321 e. The lowest BCUT2D eigenvalue weighted by atomic mass is 9.84. The highest BCUT2D eigenvalue weighted by Crippen LogP contribution is 2.34. The van der Waals surface area contributed by atoms with Crippen LogP contribution in [0.2, 0.25) is 0 Å². The first kappa shape index (κ1) is 14.4. The third-order valence-corrected chi connectivity index (χ3v) is 4.16. The zero-order valence-corrected chi connectivity index (χ0v) is 11.8. The number of urea groups is 1. The van der Waals surface area contributed by atoms with Gasteiger partial charge in [-0.3, -0.25) is 4.79 Å². The molecular weight excluding hydrogens is 256 g/mol. The molecule has 0 aliphatic carbocycles. The van der Waals surface area contributed by atoms with Crippen LogP contribution in [0.15, 0.2) is 24.3 Å². The molecule has 5 nitrogen and oxygen atoms in total. The van der Waals surface area contributed by atoms with Gasteiger partial charge in [-0.05, 0) is 31.4 Å². The van der Waals surface area contributed by atoms with E-state index in [4.69, 9.17) is 0 Å². The van der Waals surface area contributed by atoms with Crippen LogP contribution in [0.3, 0.4) is 0 Å². The number of carboxylic acid groups (broad SMARTS) is 1. The van der Waals surface area contributed by atoms with E-state index in [1.54, 1.807) is 4.90 Å². The lowest BCUT2D eigenvalue weighted by Gasteiger charge is -2.23. The molecule has 1 fully saturated rings. The van der Waals surface area contributed by atoms with Crippen molar-refractivity contribution in [2.24, 2.45) is 5.41 Å². The Morgan fingerprint density at radius 2 is 2.10 bits per heavy atom. The summed E-state index contributed by atoms with van der Waals surface area (Å²) in [5, 5.41) is 12.2. The van der Waals surface area contributed by atoms with Crippen molar-refractivity contribution >= 4 is 17.7 Å². The molecule has 0 radical (unpaired) electrons. The molecule has 1 unspecified atom stereocenters. The molecule has 1 atom stereocenters. The fourth-order valence-corrected chi connectivity index (χ4v) is 2.57. The molecule has 1 aromatic carbocycles. The van der Waals surface area contributed by atoms with Gasteiger partial charge in [-0.1, -0.05) is 25.1 Å². The number of likely N-dealkylation sites (tertiary alicyclic amines) is 1. The van der Waals surface area contributed by atoms with Crippen molar-refractivity contribution in [3.05, 3.63) is 29.8 Å². The Hall–Kier alpha value is -2.04. The summed E-state index contributed by atoms with van der Waals surface area (Å²) >= 11 is 0. The first-order valence-electron chi connectivity index (χ1n) is 6.83. The van der Waals surface area contributed by atoms with E-state index in [0.29, 0.717) is 19.4 Å². The van der Waals surface area contributed by atoms with Gasteiger partial charge in [0.2, 0.25) is 0 Å². The summed E-state index contributed by atoms with van der Waals surface area (Å²) in [4.78, 5) is 25.2. The fraction of sp³-hybridized carbons (Fsp3) is 0.467. The molecular formula is C15H20N2O3. The summed E-state index contributed by atoms with van der Waals surface area (Å²) in [7, 11) is 0. The molecule has 2 amide bonds. The highest BCUT2D eigenvalue weighted by atomic mass is 16.4. The number of carboxylic acids is 1. The van der Waals surface area contributed by atoms with Gasteiger partial charge < -0.3 is 15.3 Å². The van der Waals surface area contributed by atoms with E-state index in [9.17, 15) is 14.7 Å². The van der Waals surface area contributed by atoms with Crippen LogP contribution in [-0.2, 0) is 4.79 Å². The van der Waals surface area contributed by atoms with E-state index in [1.165, 1.54) is 0 Å². The topological polar surface area (TPSA) is 69.6 Å². The summed E-state index contributed by atoms with van der Waals surface area (Å²) in [5.41, 5.74) is 0.963. The summed E-state index contributed by atoms with van der Waals surface area (Å²) < 4.78 is 0. The van der Waals surface area contributed by atoms with Crippen molar-refractivity contribution in [3.63, 3.8) is 0 Å². The van der Waals surface area contributed by atoms with Crippen molar-refractivity contribution < 1.29 is 14.7 Å². The molecule has 0 saturated carbocycles. The third-order valence-electron chi connectivity index (χ3n) is 4.16. The third kappa shape index (κ3) is 2.61. The number of rotatable bonds is 3. The number of hydrogen-bond donors (Lipinski definition) is 2. The van der Waals surface area contributed by atoms with Crippen LogP contribution in [0.1, 0.15) is 25.3 Å². The second-order valence-corrected chi connectivity index (χ2v) is 5.36. The Morgan fingerprint density at radius 1 is 1.40 bits per heavy atom. The van der Waals surface area contributed by atoms with Gasteiger partial charge in [0.1, 0.15) is 0 Å². The molecule has 1 aliphatic rings. The van der Waals surface area contributed by atoms with Gasteiger partial charge in [-0.25, -0.2) is 4.79 Å². The van der Waals surface area contributed by atoms with E-state index >= 15 is 0 Å². The van der Waals surface area contributed by atoms with E-state index in [-0.39, 0.29) is 12.6 Å². The van der Waals surface area contributed by atoms with Gasteiger partial charge in [-0.15, -0.1) is 0 Å². The monoisotopic (exact) mass is 276 g/mol. The fourth-order valence-electron chi connectivity index (χ4n) is 2.57. The van der Waals surface area contributed by atoms with Gasteiger partial charge in [0.15, 0.2) is 0 Å². The van der Waals surface area contributed by atoms with Crippen molar-refractivity contribution in [1.82, 2.24) is 4.90 Å². The van der Waals surface area contributed by atoms with Crippen molar-refractivity contribution in [1.29, 1.82) is 0 Å². The summed E-state index contributed by atoms with van der Waals surface area (Å²) in [6, 6.07) is 7.31. The average molecular weight is 276 g/mol. The van der Waals surface area contributed by atoms with E-state index in [1.807, 2.05) is 38.1 Å². The number of carbonyl (C=O) groups is 2. The number of benzene rings is 1. The molecule has 5 heteroatoms. The molecule has 1 saturated heterocycles. The predicted molar refractivity (Wildman–Crippen MR) is 76.7 cm³/mol. The number of amides is 2. The Bertz CT molecular complexity index is 530. The number of aryl methyl sites for hydroxylation is 1. The van der Waals surface area contributed by atoms with Crippen LogP contribution in [0, 0.1) is 12.3 Å². The maximum Gasteiger partial charge on any atom is 0.321 e. The van der Waals surface area contributed by atoms with E-state index < -0.39 is 11.4 Å². The molecule has 2 N–H and O–H groups in total. The highest BCUT2D eigenvalue weighted by molar-refractivity contribution is 5.91. The molecule has 1 heterocycles. The largest absolute Gasteiger partial charge is 0.481 e. The zero-order valence-electron chi connectivity index (χ0n) is 11.8. The minimum absolute atomic E-state index is 0.226. The molecule has 2 rings (SSSR count). The molecule has 0 bridgehead atoms. The molecule has 1 aromatic rings. The molecule has 1 aliphatic heterocycles. The number of aliphatic carboxylic acids is 1. The summed E-state index contributed by atoms with van der Waals surface area (Å²) in [6.07, 6.45) is 1.05. The minimum atomic E-state index is -0.814. The Balaban J connectivity index is 2.05. The predicted octanol–water partition coefficient (Wildman–Crippen LogP) is 2.71. The van der Waals surface area contributed by atoms with Crippen LogP contribution in [-0.4, -0.2) is 35.1 Å². The Labute approximate surface area is 118 Å². The van der Waals surface area contributed by atoms with Gasteiger partial charge in [-0.2, -0.15) is 0 Å². The zero-order chi connectivity index (χ0) is 14.8. The maximum atomic E-state index is 12.2.